The summed E-state index contributed by atoms with van der Waals surface area (Å²) >= 11 is 0. The van der Waals surface area contributed by atoms with Crippen LogP contribution in [0.5, 0.6) is 5.75 Å². The fraction of sp³-hybridized carbons (Fsp3) is 0.0526. The van der Waals surface area contributed by atoms with Crippen LogP contribution < -0.4 is 16.0 Å². The minimum atomic E-state index is -1.09. The summed E-state index contributed by atoms with van der Waals surface area (Å²) in [6.45, 7) is 0.0344. The van der Waals surface area contributed by atoms with Gasteiger partial charge in [0.25, 0.3) is 0 Å². The average molecular weight is 383 g/mol. The summed E-state index contributed by atoms with van der Waals surface area (Å²) in [7, 11) is 0. The van der Waals surface area contributed by atoms with Crippen LogP contribution >= 0.6 is 0 Å². The molecule has 0 spiro atoms. The van der Waals surface area contributed by atoms with Crippen LogP contribution in [0.15, 0.2) is 58.1 Å². The van der Waals surface area contributed by atoms with E-state index in [-0.39, 0.29) is 18.1 Å². The second kappa shape index (κ2) is 8.12. The fourth-order valence-corrected chi connectivity index (χ4v) is 2.46. The van der Waals surface area contributed by atoms with Gasteiger partial charge in [-0.25, -0.2) is 9.18 Å². The SMILES string of the molecule is O=c1[nH]c(/C=C/c2cccc(OCc3ccccc3F)c2)c([N+](=O)[O-])c(=O)[nH]1. The molecule has 0 atom stereocenters. The Balaban J connectivity index is 1.82. The van der Waals surface area contributed by atoms with Gasteiger partial charge in [-0.15, -0.1) is 0 Å². The van der Waals surface area contributed by atoms with Crippen molar-refractivity contribution in [2.75, 3.05) is 0 Å². The van der Waals surface area contributed by atoms with E-state index in [1.54, 1.807) is 42.5 Å². The second-order valence-electron chi connectivity index (χ2n) is 5.71. The summed E-state index contributed by atoms with van der Waals surface area (Å²) in [5.41, 5.74) is -1.92. The summed E-state index contributed by atoms with van der Waals surface area (Å²) in [4.78, 5) is 37.2. The lowest BCUT2D eigenvalue weighted by Crippen LogP contribution is -2.25. The largest absolute Gasteiger partial charge is 0.489 e. The molecular formula is C19H14FN3O5. The van der Waals surface area contributed by atoms with Gasteiger partial charge in [-0.1, -0.05) is 36.4 Å². The zero-order valence-electron chi connectivity index (χ0n) is 14.3. The molecule has 0 radical (unpaired) electrons. The third-order valence-electron chi connectivity index (χ3n) is 3.78. The number of H-pyrrole nitrogens is 2. The molecule has 0 aliphatic carbocycles. The highest BCUT2D eigenvalue weighted by molar-refractivity contribution is 5.72. The number of ether oxygens (including phenoxy) is 1. The van der Waals surface area contributed by atoms with Crippen LogP contribution in [0.25, 0.3) is 12.2 Å². The fourth-order valence-electron chi connectivity index (χ4n) is 2.46. The molecule has 0 fully saturated rings. The maximum absolute atomic E-state index is 13.6. The van der Waals surface area contributed by atoms with Gasteiger partial charge in [0.05, 0.1) is 4.92 Å². The number of nitrogens with zero attached hydrogens (tertiary/aromatic N) is 1. The number of rotatable bonds is 6. The highest BCUT2D eigenvalue weighted by Gasteiger charge is 2.18. The van der Waals surface area contributed by atoms with Crippen molar-refractivity contribution < 1.29 is 14.1 Å². The van der Waals surface area contributed by atoms with Crippen molar-refractivity contribution in [3.63, 3.8) is 0 Å². The maximum Gasteiger partial charge on any atom is 0.357 e. The zero-order chi connectivity index (χ0) is 20.1. The minimum absolute atomic E-state index is 0.0344. The average Bonchev–Trinajstić information content (AvgIpc) is 2.65. The molecule has 2 N–H and O–H groups in total. The number of hydrogen-bond acceptors (Lipinski definition) is 5. The van der Waals surface area contributed by atoms with Crippen molar-refractivity contribution in [1.82, 2.24) is 9.97 Å². The zero-order valence-corrected chi connectivity index (χ0v) is 14.3. The Bertz CT molecular complexity index is 1170. The molecule has 0 saturated heterocycles. The summed E-state index contributed by atoms with van der Waals surface area (Å²) in [6, 6.07) is 12.9. The van der Waals surface area contributed by atoms with Gasteiger partial charge < -0.3 is 9.72 Å². The van der Waals surface area contributed by atoms with Crippen molar-refractivity contribution in [3.8, 4) is 5.75 Å². The van der Waals surface area contributed by atoms with Crippen LogP contribution in [-0.4, -0.2) is 14.9 Å². The molecule has 0 bridgehead atoms. The Morgan fingerprint density at radius 3 is 2.61 bits per heavy atom. The molecule has 3 rings (SSSR count). The summed E-state index contributed by atoms with van der Waals surface area (Å²) in [6.07, 6.45) is 2.73. The topological polar surface area (TPSA) is 118 Å². The molecular weight excluding hydrogens is 369 g/mol. The van der Waals surface area contributed by atoms with E-state index in [1.165, 1.54) is 18.2 Å². The van der Waals surface area contributed by atoms with Crippen LogP contribution in [0.3, 0.4) is 0 Å². The Morgan fingerprint density at radius 2 is 1.86 bits per heavy atom. The monoisotopic (exact) mass is 383 g/mol. The van der Waals surface area contributed by atoms with Crippen molar-refractivity contribution in [2.45, 2.75) is 6.61 Å². The maximum atomic E-state index is 13.6. The van der Waals surface area contributed by atoms with Gasteiger partial charge in [0.2, 0.25) is 0 Å². The van der Waals surface area contributed by atoms with Gasteiger partial charge in [-0.05, 0) is 29.8 Å². The smallest absolute Gasteiger partial charge is 0.357 e. The lowest BCUT2D eigenvalue weighted by atomic mass is 10.2. The Kier molecular flexibility index (Phi) is 5.45. The van der Waals surface area contributed by atoms with E-state index in [0.717, 1.165) is 0 Å². The van der Waals surface area contributed by atoms with Crippen LogP contribution in [0, 0.1) is 15.9 Å². The second-order valence-corrected chi connectivity index (χ2v) is 5.71. The van der Waals surface area contributed by atoms with E-state index in [4.69, 9.17) is 4.74 Å². The molecule has 8 nitrogen and oxygen atoms in total. The summed E-state index contributed by atoms with van der Waals surface area (Å²) < 4.78 is 19.2. The number of nitro groups is 1. The highest BCUT2D eigenvalue weighted by Crippen LogP contribution is 2.19. The highest BCUT2D eigenvalue weighted by atomic mass is 19.1. The van der Waals surface area contributed by atoms with Crippen molar-refractivity contribution in [2.24, 2.45) is 0 Å². The molecule has 0 unspecified atom stereocenters. The number of nitrogens with one attached hydrogen (secondary N) is 2. The molecule has 142 valence electrons. The first kappa shape index (κ1) is 18.8. The number of halogens is 1. The Labute approximate surface area is 157 Å². The molecule has 3 aromatic rings. The van der Waals surface area contributed by atoms with E-state index in [0.29, 0.717) is 16.9 Å². The summed E-state index contributed by atoms with van der Waals surface area (Å²) in [5.74, 6) is 0.0865. The van der Waals surface area contributed by atoms with Crippen molar-refractivity contribution in [3.05, 3.63) is 102 Å². The van der Waals surface area contributed by atoms with E-state index < -0.39 is 21.9 Å². The first-order valence-corrected chi connectivity index (χ1v) is 8.09. The van der Waals surface area contributed by atoms with Crippen LogP contribution in [0.4, 0.5) is 10.1 Å². The number of benzene rings is 2. The quantitative estimate of drug-likeness (QED) is 0.501. The van der Waals surface area contributed by atoms with Crippen LogP contribution in [0.2, 0.25) is 0 Å². The summed E-state index contributed by atoms with van der Waals surface area (Å²) in [5, 5.41) is 11.0. The minimum Gasteiger partial charge on any atom is -0.489 e. The van der Waals surface area contributed by atoms with Gasteiger partial charge in [-0.2, -0.15) is 0 Å². The molecule has 0 amide bonds. The lowest BCUT2D eigenvalue weighted by molar-refractivity contribution is -0.386. The van der Waals surface area contributed by atoms with Gasteiger partial charge in [0.15, 0.2) is 0 Å². The first-order chi connectivity index (χ1) is 13.4. The first-order valence-electron chi connectivity index (χ1n) is 8.09. The van der Waals surface area contributed by atoms with Crippen molar-refractivity contribution >= 4 is 17.8 Å². The molecule has 2 aromatic carbocycles. The Morgan fingerprint density at radius 1 is 1.07 bits per heavy atom. The van der Waals surface area contributed by atoms with E-state index >= 15 is 0 Å². The molecule has 28 heavy (non-hydrogen) atoms. The van der Waals surface area contributed by atoms with E-state index in [1.807, 2.05) is 4.98 Å². The van der Waals surface area contributed by atoms with Gasteiger partial charge in [0.1, 0.15) is 23.9 Å². The standard InChI is InChI=1S/C19H14FN3O5/c20-15-7-2-1-5-13(15)11-28-14-6-3-4-12(10-14)8-9-16-17(23(26)27)18(24)22-19(25)21-16/h1-10H,11H2,(H2,21,22,24,25)/b9-8+. The normalized spacial score (nSPS) is 10.9. The predicted octanol–water partition coefficient (Wildman–Crippen LogP) is 2.86. The number of aromatic nitrogens is 2. The number of hydrogen-bond donors (Lipinski definition) is 2. The Hall–Kier alpha value is -4.01. The predicted molar refractivity (Wildman–Crippen MR) is 100 cm³/mol. The van der Waals surface area contributed by atoms with Crippen LogP contribution in [-0.2, 0) is 6.61 Å². The lowest BCUT2D eigenvalue weighted by Gasteiger charge is -2.07. The third kappa shape index (κ3) is 4.39. The van der Waals surface area contributed by atoms with Crippen molar-refractivity contribution in [1.29, 1.82) is 0 Å². The number of aromatic amines is 2. The van der Waals surface area contributed by atoms with E-state index in [9.17, 15) is 24.1 Å². The third-order valence-corrected chi connectivity index (χ3v) is 3.78. The van der Waals surface area contributed by atoms with E-state index in [2.05, 4.69) is 4.98 Å². The van der Waals surface area contributed by atoms with Gasteiger partial charge >= 0.3 is 16.9 Å². The molecule has 0 aliphatic heterocycles. The molecule has 1 aromatic heterocycles. The van der Waals surface area contributed by atoms with Gasteiger partial charge in [-0.3, -0.25) is 19.9 Å². The molecule has 1 heterocycles. The van der Waals surface area contributed by atoms with Crippen LogP contribution in [0.1, 0.15) is 16.8 Å². The molecule has 0 saturated carbocycles. The molecule has 0 aliphatic rings. The van der Waals surface area contributed by atoms with Gasteiger partial charge in [0, 0.05) is 5.56 Å². The molecule has 9 heteroatoms.